The number of benzene rings is 3. The lowest BCUT2D eigenvalue weighted by Crippen LogP contribution is -2.35. The van der Waals surface area contributed by atoms with Crippen LogP contribution in [0.15, 0.2) is 77.7 Å². The van der Waals surface area contributed by atoms with Gasteiger partial charge in [0.25, 0.3) is 15.9 Å². The van der Waals surface area contributed by atoms with E-state index in [2.05, 4.69) is 0 Å². The van der Waals surface area contributed by atoms with Gasteiger partial charge in [0.15, 0.2) is 0 Å². The molecule has 0 aromatic heterocycles. The van der Waals surface area contributed by atoms with Crippen LogP contribution in [0.3, 0.4) is 0 Å². The van der Waals surface area contributed by atoms with Crippen molar-refractivity contribution in [1.82, 2.24) is 4.31 Å². The standard InChI is InChI=1S/C22H19NO3S/c1-15-11-13-17(14-12-15)27(25,26)23-21(18-8-4-3-7-16(18)2)19-9-5-6-10-20(19)22(23)24/h3-14,21H,1-2H3/t21-/m0/s1. The van der Waals surface area contributed by atoms with E-state index in [0.717, 1.165) is 21.0 Å². The van der Waals surface area contributed by atoms with Crippen LogP contribution >= 0.6 is 0 Å². The van der Waals surface area contributed by atoms with Gasteiger partial charge in [-0.05, 0) is 48.7 Å². The van der Waals surface area contributed by atoms with Crippen molar-refractivity contribution in [3.8, 4) is 0 Å². The summed E-state index contributed by atoms with van der Waals surface area (Å²) in [6.45, 7) is 3.82. The number of hydrogen-bond acceptors (Lipinski definition) is 3. The minimum atomic E-state index is -4.00. The number of rotatable bonds is 3. The second kappa shape index (κ2) is 6.35. The Hall–Kier alpha value is -2.92. The van der Waals surface area contributed by atoms with Gasteiger partial charge in [0.2, 0.25) is 0 Å². The SMILES string of the molecule is Cc1ccc(S(=O)(=O)N2C(=O)c3ccccc3[C@@H]2c2ccccc2C)cc1. The second-order valence-electron chi connectivity index (χ2n) is 6.77. The number of nitrogens with zero attached hydrogens (tertiary/aromatic N) is 1. The highest BCUT2D eigenvalue weighted by molar-refractivity contribution is 7.89. The first-order valence-corrected chi connectivity index (χ1v) is 10.1. The lowest BCUT2D eigenvalue weighted by molar-refractivity contribution is 0.0865. The summed E-state index contributed by atoms with van der Waals surface area (Å²) in [5.41, 5.74) is 3.86. The van der Waals surface area contributed by atoms with Crippen molar-refractivity contribution < 1.29 is 13.2 Å². The van der Waals surface area contributed by atoms with Crippen molar-refractivity contribution >= 4 is 15.9 Å². The highest BCUT2D eigenvalue weighted by atomic mass is 32.2. The van der Waals surface area contributed by atoms with E-state index >= 15 is 0 Å². The number of hydrogen-bond donors (Lipinski definition) is 0. The third-order valence-corrected chi connectivity index (χ3v) is 6.74. The third-order valence-electron chi connectivity index (χ3n) is 4.98. The largest absolute Gasteiger partial charge is 0.268 e. The van der Waals surface area contributed by atoms with Crippen molar-refractivity contribution in [3.05, 3.63) is 101 Å². The molecular formula is C22H19NO3S. The molecule has 0 aliphatic carbocycles. The van der Waals surface area contributed by atoms with E-state index in [1.165, 1.54) is 0 Å². The van der Waals surface area contributed by atoms with E-state index in [1.54, 1.807) is 36.4 Å². The normalized spacial score (nSPS) is 16.4. The first-order chi connectivity index (χ1) is 12.9. The highest BCUT2D eigenvalue weighted by Gasteiger charge is 2.45. The average Bonchev–Trinajstić information content (AvgIpc) is 2.96. The van der Waals surface area contributed by atoms with Crippen molar-refractivity contribution in [2.75, 3.05) is 0 Å². The molecule has 0 fully saturated rings. The smallest absolute Gasteiger partial charge is 0.268 e. The number of fused-ring (bicyclic) bond motifs is 1. The maximum Gasteiger partial charge on any atom is 0.268 e. The predicted octanol–water partition coefficient (Wildman–Crippen LogP) is 4.24. The summed E-state index contributed by atoms with van der Waals surface area (Å²) in [7, 11) is -4.00. The van der Waals surface area contributed by atoms with Crippen LogP contribution in [0.4, 0.5) is 0 Å². The van der Waals surface area contributed by atoms with Crippen LogP contribution in [0, 0.1) is 13.8 Å². The molecule has 27 heavy (non-hydrogen) atoms. The van der Waals surface area contributed by atoms with E-state index in [0.29, 0.717) is 11.1 Å². The molecule has 136 valence electrons. The Balaban J connectivity index is 1.94. The summed E-state index contributed by atoms with van der Waals surface area (Å²) in [4.78, 5) is 13.2. The fraction of sp³-hybridized carbons (Fsp3) is 0.136. The van der Waals surface area contributed by atoms with Crippen molar-refractivity contribution in [3.63, 3.8) is 0 Å². The van der Waals surface area contributed by atoms with Gasteiger partial charge in [0.05, 0.1) is 10.9 Å². The average molecular weight is 377 g/mol. The molecule has 0 spiro atoms. The van der Waals surface area contributed by atoms with E-state index in [9.17, 15) is 13.2 Å². The molecule has 1 aliphatic rings. The quantitative estimate of drug-likeness (QED) is 0.686. The Bertz CT molecular complexity index is 1130. The van der Waals surface area contributed by atoms with Crippen LogP contribution in [0.25, 0.3) is 0 Å². The molecule has 3 aromatic rings. The third kappa shape index (κ3) is 2.75. The van der Waals surface area contributed by atoms with Gasteiger partial charge in [-0.25, -0.2) is 12.7 Å². The summed E-state index contributed by atoms with van der Waals surface area (Å²) in [6, 6.07) is 20.6. The van der Waals surface area contributed by atoms with Crippen LogP contribution in [0.2, 0.25) is 0 Å². The monoisotopic (exact) mass is 377 g/mol. The molecule has 5 heteroatoms. The van der Waals surface area contributed by atoms with Crippen LogP contribution < -0.4 is 0 Å². The Morgan fingerprint density at radius 2 is 1.37 bits per heavy atom. The molecule has 4 rings (SSSR count). The molecule has 4 nitrogen and oxygen atoms in total. The first kappa shape index (κ1) is 17.5. The number of carbonyl (C=O) groups is 1. The fourth-order valence-corrected chi connectivity index (χ4v) is 5.08. The molecule has 1 aliphatic heterocycles. The summed E-state index contributed by atoms with van der Waals surface area (Å²) in [6.07, 6.45) is 0. The second-order valence-corrected chi connectivity index (χ2v) is 8.58. The highest BCUT2D eigenvalue weighted by Crippen LogP contribution is 2.42. The van der Waals surface area contributed by atoms with Gasteiger partial charge in [-0.1, -0.05) is 60.2 Å². The van der Waals surface area contributed by atoms with Crippen LogP contribution in [-0.2, 0) is 10.0 Å². The molecule has 0 saturated carbocycles. The topological polar surface area (TPSA) is 54.5 Å². The molecule has 0 unspecified atom stereocenters. The van der Waals surface area contributed by atoms with Crippen LogP contribution in [0.1, 0.15) is 38.7 Å². The maximum atomic E-state index is 13.4. The number of sulfonamides is 1. The zero-order valence-electron chi connectivity index (χ0n) is 15.1. The molecular weight excluding hydrogens is 358 g/mol. The Labute approximate surface area is 159 Å². The predicted molar refractivity (Wildman–Crippen MR) is 104 cm³/mol. The van der Waals surface area contributed by atoms with E-state index in [4.69, 9.17) is 0 Å². The zero-order chi connectivity index (χ0) is 19.2. The molecule has 0 radical (unpaired) electrons. The molecule has 1 atom stereocenters. The maximum absolute atomic E-state index is 13.4. The lowest BCUT2D eigenvalue weighted by Gasteiger charge is -2.26. The number of carbonyl (C=O) groups excluding carboxylic acids is 1. The molecule has 3 aromatic carbocycles. The van der Waals surface area contributed by atoms with Gasteiger partial charge >= 0.3 is 0 Å². The van der Waals surface area contributed by atoms with Crippen LogP contribution in [0.5, 0.6) is 0 Å². The fourth-order valence-electron chi connectivity index (χ4n) is 3.55. The molecule has 1 heterocycles. The Kier molecular flexibility index (Phi) is 4.12. The minimum Gasteiger partial charge on any atom is -0.268 e. The van der Waals surface area contributed by atoms with Crippen molar-refractivity contribution in [2.45, 2.75) is 24.8 Å². The van der Waals surface area contributed by atoms with Gasteiger partial charge in [-0.3, -0.25) is 4.79 Å². The van der Waals surface area contributed by atoms with E-state index < -0.39 is 22.0 Å². The summed E-state index contributed by atoms with van der Waals surface area (Å²) < 4.78 is 27.9. The molecule has 0 bridgehead atoms. The van der Waals surface area contributed by atoms with E-state index in [1.807, 2.05) is 50.2 Å². The Morgan fingerprint density at radius 3 is 2.04 bits per heavy atom. The molecule has 0 saturated heterocycles. The summed E-state index contributed by atoms with van der Waals surface area (Å²) in [5.74, 6) is -0.487. The van der Waals surface area contributed by atoms with E-state index in [-0.39, 0.29) is 4.90 Å². The van der Waals surface area contributed by atoms with Crippen molar-refractivity contribution in [1.29, 1.82) is 0 Å². The van der Waals surface area contributed by atoms with Gasteiger partial charge in [-0.15, -0.1) is 0 Å². The lowest BCUT2D eigenvalue weighted by atomic mass is 9.95. The first-order valence-electron chi connectivity index (χ1n) is 8.71. The van der Waals surface area contributed by atoms with Gasteiger partial charge < -0.3 is 0 Å². The van der Waals surface area contributed by atoms with Gasteiger partial charge in [0, 0.05) is 5.56 Å². The molecule has 0 N–H and O–H groups in total. The minimum absolute atomic E-state index is 0.118. The number of amides is 1. The van der Waals surface area contributed by atoms with Crippen LogP contribution in [-0.4, -0.2) is 18.6 Å². The van der Waals surface area contributed by atoms with Gasteiger partial charge in [-0.2, -0.15) is 0 Å². The Morgan fingerprint density at radius 1 is 0.778 bits per heavy atom. The summed E-state index contributed by atoms with van der Waals surface area (Å²) in [5, 5.41) is 0. The molecule has 1 amide bonds. The zero-order valence-corrected chi connectivity index (χ0v) is 15.9. The van der Waals surface area contributed by atoms with Crippen molar-refractivity contribution in [2.24, 2.45) is 0 Å². The number of aryl methyl sites for hydroxylation is 2. The van der Waals surface area contributed by atoms with Gasteiger partial charge in [0.1, 0.15) is 0 Å². The summed E-state index contributed by atoms with van der Waals surface area (Å²) >= 11 is 0.